The lowest BCUT2D eigenvalue weighted by Gasteiger charge is -2.23. The van der Waals surface area contributed by atoms with Gasteiger partial charge < -0.3 is 19.5 Å². The van der Waals surface area contributed by atoms with Crippen molar-refractivity contribution in [2.45, 2.75) is 33.6 Å². The molecule has 0 aliphatic heterocycles. The first kappa shape index (κ1) is 23.7. The van der Waals surface area contributed by atoms with Crippen LogP contribution in [0.3, 0.4) is 0 Å². The Hall–Kier alpha value is -3.46. The average molecular weight is 464 g/mol. The highest BCUT2D eigenvalue weighted by atomic mass is 16.5. The average Bonchev–Trinajstić information content (AvgIpc) is 3.42. The second-order valence-corrected chi connectivity index (χ2v) is 9.13. The molecule has 9 heteroatoms. The molecular formula is C25H33N7O2. The number of carbonyl (C=O) groups is 1. The lowest BCUT2D eigenvalue weighted by atomic mass is 9.98. The van der Waals surface area contributed by atoms with Gasteiger partial charge in [-0.25, -0.2) is 14.5 Å². The zero-order chi connectivity index (χ0) is 24.6. The predicted octanol–water partition coefficient (Wildman–Crippen LogP) is 3.74. The SMILES string of the molecule is CCN(CCN(C)C)C(=O)c1nc2c(C(C)C)c(-c3cc(OC)c4ncnn4c3)[nH]c2cc1C. The second-order valence-electron chi connectivity index (χ2n) is 9.13. The number of amides is 1. The van der Waals surface area contributed by atoms with Crippen molar-refractivity contribution in [3.8, 4) is 17.0 Å². The smallest absolute Gasteiger partial charge is 0.272 e. The summed E-state index contributed by atoms with van der Waals surface area (Å²) in [7, 11) is 5.65. The maximum atomic E-state index is 13.4. The minimum atomic E-state index is -0.0353. The molecule has 4 heterocycles. The molecule has 4 rings (SSSR count). The molecule has 0 bridgehead atoms. The van der Waals surface area contributed by atoms with Gasteiger partial charge in [0.2, 0.25) is 0 Å². The summed E-state index contributed by atoms with van der Waals surface area (Å²) in [5, 5.41) is 4.29. The first-order valence-electron chi connectivity index (χ1n) is 11.6. The number of aromatic amines is 1. The second kappa shape index (κ2) is 9.42. The van der Waals surface area contributed by atoms with Crippen molar-refractivity contribution in [1.29, 1.82) is 0 Å². The molecule has 4 aromatic rings. The van der Waals surface area contributed by atoms with Crippen LogP contribution in [0.15, 0.2) is 24.7 Å². The van der Waals surface area contributed by atoms with Crippen molar-refractivity contribution >= 4 is 22.6 Å². The summed E-state index contributed by atoms with van der Waals surface area (Å²) in [6, 6.07) is 3.98. The van der Waals surface area contributed by atoms with Gasteiger partial charge in [0.25, 0.3) is 5.91 Å². The number of carbonyl (C=O) groups excluding carboxylic acids is 1. The Morgan fingerprint density at radius 2 is 2.00 bits per heavy atom. The number of likely N-dealkylation sites (N-methyl/N-ethyl adjacent to an activating group) is 2. The summed E-state index contributed by atoms with van der Waals surface area (Å²) < 4.78 is 7.27. The molecule has 0 aliphatic rings. The van der Waals surface area contributed by atoms with Crippen LogP contribution in [0.5, 0.6) is 5.75 Å². The van der Waals surface area contributed by atoms with Gasteiger partial charge in [-0.1, -0.05) is 13.8 Å². The van der Waals surface area contributed by atoms with Gasteiger partial charge in [0.15, 0.2) is 11.4 Å². The third kappa shape index (κ3) is 4.23. The number of rotatable bonds is 8. The molecule has 0 aromatic carbocycles. The summed E-state index contributed by atoms with van der Waals surface area (Å²) in [5.41, 5.74) is 6.66. The molecule has 34 heavy (non-hydrogen) atoms. The van der Waals surface area contributed by atoms with Gasteiger partial charge in [-0.3, -0.25) is 4.79 Å². The Morgan fingerprint density at radius 3 is 2.65 bits per heavy atom. The van der Waals surface area contributed by atoms with Gasteiger partial charge >= 0.3 is 0 Å². The van der Waals surface area contributed by atoms with Crippen molar-refractivity contribution in [2.75, 3.05) is 40.8 Å². The molecule has 180 valence electrons. The number of pyridine rings is 2. The largest absolute Gasteiger partial charge is 0.493 e. The van der Waals surface area contributed by atoms with Crippen LogP contribution in [0.4, 0.5) is 0 Å². The van der Waals surface area contributed by atoms with Crippen LogP contribution in [0.2, 0.25) is 0 Å². The van der Waals surface area contributed by atoms with Crippen LogP contribution < -0.4 is 4.74 Å². The van der Waals surface area contributed by atoms with Crippen molar-refractivity contribution < 1.29 is 9.53 Å². The topological polar surface area (TPSA) is 91.7 Å². The third-order valence-corrected chi connectivity index (χ3v) is 6.11. The number of aromatic nitrogens is 5. The molecule has 0 saturated heterocycles. The summed E-state index contributed by atoms with van der Waals surface area (Å²) in [4.78, 5) is 30.1. The van der Waals surface area contributed by atoms with Gasteiger partial charge in [-0.15, -0.1) is 0 Å². The number of ether oxygens (including phenoxy) is 1. The number of fused-ring (bicyclic) bond motifs is 2. The summed E-state index contributed by atoms with van der Waals surface area (Å²) >= 11 is 0. The summed E-state index contributed by atoms with van der Waals surface area (Å²) in [6.45, 7) is 10.3. The van der Waals surface area contributed by atoms with Gasteiger partial charge in [0.1, 0.15) is 12.0 Å². The highest BCUT2D eigenvalue weighted by Gasteiger charge is 2.24. The quantitative estimate of drug-likeness (QED) is 0.428. The Labute approximate surface area is 199 Å². The Morgan fingerprint density at radius 1 is 1.24 bits per heavy atom. The minimum absolute atomic E-state index is 0.0353. The lowest BCUT2D eigenvalue weighted by Crippen LogP contribution is -2.37. The number of aryl methyl sites for hydroxylation is 1. The summed E-state index contributed by atoms with van der Waals surface area (Å²) in [6.07, 6.45) is 3.44. The first-order chi connectivity index (χ1) is 16.2. The third-order valence-electron chi connectivity index (χ3n) is 6.11. The first-order valence-corrected chi connectivity index (χ1v) is 11.6. The Balaban J connectivity index is 1.85. The van der Waals surface area contributed by atoms with Gasteiger partial charge in [-0.05, 0) is 51.6 Å². The monoisotopic (exact) mass is 463 g/mol. The van der Waals surface area contributed by atoms with Crippen LogP contribution in [0.1, 0.15) is 48.3 Å². The molecule has 0 radical (unpaired) electrons. The van der Waals surface area contributed by atoms with Crippen LogP contribution >= 0.6 is 0 Å². The van der Waals surface area contributed by atoms with E-state index in [-0.39, 0.29) is 11.8 Å². The van der Waals surface area contributed by atoms with Crippen LogP contribution in [0, 0.1) is 6.92 Å². The fourth-order valence-electron chi connectivity index (χ4n) is 4.30. The molecule has 0 unspecified atom stereocenters. The molecule has 0 spiro atoms. The molecular weight excluding hydrogens is 430 g/mol. The van der Waals surface area contributed by atoms with E-state index in [0.717, 1.165) is 40.0 Å². The normalized spacial score (nSPS) is 11.8. The molecule has 4 aromatic heterocycles. The minimum Gasteiger partial charge on any atom is -0.493 e. The fourth-order valence-corrected chi connectivity index (χ4v) is 4.30. The lowest BCUT2D eigenvalue weighted by molar-refractivity contribution is 0.0748. The summed E-state index contributed by atoms with van der Waals surface area (Å²) in [5.74, 6) is 0.783. The van der Waals surface area contributed by atoms with Crippen molar-refractivity contribution in [3.63, 3.8) is 0 Å². The number of nitrogens with zero attached hydrogens (tertiary/aromatic N) is 6. The van der Waals surface area contributed by atoms with E-state index in [0.29, 0.717) is 30.2 Å². The van der Waals surface area contributed by atoms with Crippen molar-refractivity contribution in [1.82, 2.24) is 34.4 Å². The number of methoxy groups -OCH3 is 1. The predicted molar refractivity (Wildman–Crippen MR) is 134 cm³/mol. The Bertz CT molecular complexity index is 1340. The van der Waals surface area contributed by atoms with Crippen molar-refractivity contribution in [2.24, 2.45) is 0 Å². The van der Waals surface area contributed by atoms with E-state index in [1.54, 1.807) is 11.6 Å². The maximum absolute atomic E-state index is 13.4. The van der Waals surface area contributed by atoms with E-state index in [4.69, 9.17) is 9.72 Å². The number of H-pyrrole nitrogens is 1. The molecule has 0 atom stereocenters. The van der Waals surface area contributed by atoms with Gasteiger partial charge in [0.05, 0.1) is 23.8 Å². The van der Waals surface area contributed by atoms with Crippen LogP contribution in [-0.2, 0) is 0 Å². The van der Waals surface area contributed by atoms with Crippen LogP contribution in [-0.4, -0.2) is 81.1 Å². The number of nitrogens with one attached hydrogen (secondary N) is 1. The van der Waals surface area contributed by atoms with Gasteiger partial charge in [-0.2, -0.15) is 5.10 Å². The molecule has 9 nitrogen and oxygen atoms in total. The zero-order valence-corrected chi connectivity index (χ0v) is 21.0. The molecule has 0 fully saturated rings. The van der Waals surface area contributed by atoms with E-state index >= 15 is 0 Å². The fraction of sp³-hybridized carbons (Fsp3) is 0.440. The molecule has 0 saturated carbocycles. The van der Waals surface area contributed by atoms with E-state index in [9.17, 15) is 4.79 Å². The van der Waals surface area contributed by atoms with Gasteiger partial charge in [0, 0.05) is 37.0 Å². The zero-order valence-electron chi connectivity index (χ0n) is 21.0. The van der Waals surface area contributed by atoms with Crippen LogP contribution in [0.25, 0.3) is 27.9 Å². The highest BCUT2D eigenvalue weighted by Crippen LogP contribution is 2.37. The molecule has 0 aliphatic carbocycles. The van der Waals surface area contributed by atoms with E-state index in [1.807, 2.05) is 51.2 Å². The van der Waals surface area contributed by atoms with E-state index < -0.39 is 0 Å². The number of hydrogen-bond donors (Lipinski definition) is 1. The van der Waals surface area contributed by atoms with E-state index in [2.05, 4.69) is 33.8 Å². The van der Waals surface area contributed by atoms with Crippen molar-refractivity contribution in [3.05, 3.63) is 41.5 Å². The maximum Gasteiger partial charge on any atom is 0.272 e. The standard InChI is InChI=1S/C25H33N7O2/c1-8-31(10-9-30(5)6)25(33)21-16(4)11-18-23(29-21)20(15(2)3)22(28-18)17-12-19(34-7)24-26-14-27-32(24)13-17/h11-15,28H,8-10H2,1-7H3. The highest BCUT2D eigenvalue weighted by molar-refractivity contribution is 5.98. The molecule has 1 amide bonds. The van der Waals surface area contributed by atoms with E-state index in [1.165, 1.54) is 6.33 Å². The Kier molecular flexibility index (Phi) is 6.56. The number of hydrogen-bond acceptors (Lipinski definition) is 6. The molecule has 1 N–H and O–H groups in total.